The zero-order valence-electron chi connectivity index (χ0n) is 21.9. The Morgan fingerprint density at radius 3 is 2.53 bits per heavy atom. The number of nitrogens with zero attached hydrogens (tertiary/aromatic N) is 5. The molecule has 190 valence electrons. The van der Waals surface area contributed by atoms with Crippen molar-refractivity contribution in [1.82, 2.24) is 30.1 Å². The van der Waals surface area contributed by atoms with E-state index in [9.17, 15) is 4.79 Å². The predicted molar refractivity (Wildman–Crippen MR) is 142 cm³/mol. The van der Waals surface area contributed by atoms with Gasteiger partial charge in [-0.05, 0) is 74.4 Å². The van der Waals surface area contributed by atoms with Crippen LogP contribution >= 0.6 is 0 Å². The molecule has 0 radical (unpaired) electrons. The molecule has 1 atom stereocenters. The van der Waals surface area contributed by atoms with Crippen molar-refractivity contribution < 1.29 is 4.74 Å². The molecule has 2 aromatic heterocycles. The molecular formula is C28H36N6O2. The van der Waals surface area contributed by atoms with Crippen LogP contribution in [0.1, 0.15) is 70.5 Å². The van der Waals surface area contributed by atoms with E-state index >= 15 is 0 Å². The predicted octanol–water partition coefficient (Wildman–Crippen LogP) is 5.21. The molecule has 36 heavy (non-hydrogen) atoms. The van der Waals surface area contributed by atoms with Crippen LogP contribution < -0.4 is 10.3 Å². The number of benzene rings is 2. The summed E-state index contributed by atoms with van der Waals surface area (Å²) in [4.78, 5) is 18.5. The molecule has 0 unspecified atom stereocenters. The van der Waals surface area contributed by atoms with E-state index in [2.05, 4.69) is 65.2 Å². The number of ether oxygens (including phenoxy) is 1. The summed E-state index contributed by atoms with van der Waals surface area (Å²) >= 11 is 0. The Labute approximate surface area is 212 Å². The monoisotopic (exact) mass is 488 g/mol. The number of fused-ring (bicyclic) bond motifs is 1. The van der Waals surface area contributed by atoms with E-state index < -0.39 is 0 Å². The topological polar surface area (TPSA) is 88.9 Å². The van der Waals surface area contributed by atoms with E-state index in [4.69, 9.17) is 4.74 Å². The highest BCUT2D eigenvalue weighted by molar-refractivity contribution is 5.80. The van der Waals surface area contributed by atoms with Crippen molar-refractivity contribution in [2.75, 3.05) is 6.61 Å². The number of tetrazole rings is 1. The van der Waals surface area contributed by atoms with Gasteiger partial charge in [0, 0.05) is 29.6 Å². The molecule has 8 heteroatoms. The molecule has 8 nitrogen and oxygen atoms in total. The van der Waals surface area contributed by atoms with Crippen LogP contribution in [-0.4, -0.2) is 36.7 Å². The molecule has 0 bridgehead atoms. The fourth-order valence-electron chi connectivity index (χ4n) is 4.54. The quantitative estimate of drug-likeness (QED) is 0.330. The first-order chi connectivity index (χ1) is 17.3. The highest BCUT2D eigenvalue weighted by Gasteiger charge is 2.30. The smallest absolute Gasteiger partial charge is 0.252 e. The number of aromatic nitrogens is 5. The maximum atomic E-state index is 13.2. The number of nitrogens with one attached hydrogen (secondary N) is 1. The molecule has 0 saturated carbocycles. The number of rotatable bonds is 10. The normalized spacial score (nSPS) is 12.8. The summed E-state index contributed by atoms with van der Waals surface area (Å²) in [7, 11) is 0. The third kappa shape index (κ3) is 5.82. The third-order valence-electron chi connectivity index (χ3n) is 6.24. The second kappa shape index (κ2) is 11.0. The van der Waals surface area contributed by atoms with Crippen molar-refractivity contribution in [3.8, 4) is 5.75 Å². The van der Waals surface area contributed by atoms with Gasteiger partial charge < -0.3 is 9.72 Å². The van der Waals surface area contributed by atoms with Gasteiger partial charge in [0.1, 0.15) is 5.75 Å². The van der Waals surface area contributed by atoms with Crippen LogP contribution in [0.5, 0.6) is 5.75 Å². The van der Waals surface area contributed by atoms with Gasteiger partial charge in [-0.15, -0.1) is 5.10 Å². The summed E-state index contributed by atoms with van der Waals surface area (Å²) in [5, 5.41) is 13.8. The van der Waals surface area contributed by atoms with Gasteiger partial charge in [-0.3, -0.25) is 9.69 Å². The maximum Gasteiger partial charge on any atom is 0.252 e. The number of aromatic amines is 1. The standard InChI is InChI=1S/C28H36N6O2/c1-6-11-25(26-30-31-32-34(26)28(3,4)5)33(18-20-12-9-8-10-13-20)19-22-16-21-17-23(36-7-2)14-15-24(21)29-27(22)35/h8-10,12-17,25H,6-7,11,18-19H2,1-5H3,(H,29,35)/t25-/m1/s1. The lowest BCUT2D eigenvalue weighted by molar-refractivity contribution is 0.148. The summed E-state index contributed by atoms with van der Waals surface area (Å²) < 4.78 is 7.59. The van der Waals surface area contributed by atoms with E-state index in [1.54, 1.807) is 0 Å². The van der Waals surface area contributed by atoms with Crippen molar-refractivity contribution >= 4 is 10.9 Å². The third-order valence-corrected chi connectivity index (χ3v) is 6.24. The van der Waals surface area contributed by atoms with Crippen LogP contribution in [0.3, 0.4) is 0 Å². The SMILES string of the molecule is CCC[C@H](c1nnnn1C(C)(C)C)N(Cc1ccccc1)Cc1cc2cc(OCC)ccc2[nH]c1=O. The Bertz CT molecular complexity index is 1340. The van der Waals surface area contributed by atoms with Gasteiger partial charge in [-0.1, -0.05) is 43.7 Å². The Kier molecular flexibility index (Phi) is 7.84. The van der Waals surface area contributed by atoms with Gasteiger partial charge in [-0.25, -0.2) is 4.68 Å². The second-order valence-electron chi connectivity index (χ2n) is 10.1. The number of hydrogen-bond acceptors (Lipinski definition) is 6. The lowest BCUT2D eigenvalue weighted by Crippen LogP contribution is -2.35. The molecule has 0 aliphatic carbocycles. The summed E-state index contributed by atoms with van der Waals surface area (Å²) in [6, 6.07) is 18.0. The number of H-pyrrole nitrogens is 1. The molecule has 0 spiro atoms. The van der Waals surface area contributed by atoms with Crippen LogP contribution in [0.25, 0.3) is 10.9 Å². The van der Waals surface area contributed by atoms with Gasteiger partial charge in [0.05, 0.1) is 18.2 Å². The van der Waals surface area contributed by atoms with Gasteiger partial charge >= 0.3 is 0 Å². The molecule has 4 rings (SSSR count). The molecule has 0 amide bonds. The molecule has 4 aromatic rings. The van der Waals surface area contributed by atoms with Crippen molar-refractivity contribution in [1.29, 1.82) is 0 Å². The van der Waals surface area contributed by atoms with Crippen LogP contribution in [0.2, 0.25) is 0 Å². The molecule has 0 aliphatic heterocycles. The molecule has 2 heterocycles. The Balaban J connectivity index is 1.77. The first-order valence-corrected chi connectivity index (χ1v) is 12.7. The highest BCUT2D eigenvalue weighted by atomic mass is 16.5. The average Bonchev–Trinajstić information content (AvgIpc) is 3.34. The Morgan fingerprint density at radius 1 is 1.06 bits per heavy atom. The van der Waals surface area contributed by atoms with Crippen molar-refractivity contribution in [2.45, 2.75) is 72.1 Å². The Hall–Kier alpha value is -3.52. The fourth-order valence-corrected chi connectivity index (χ4v) is 4.54. The van der Waals surface area contributed by atoms with Gasteiger partial charge in [0.15, 0.2) is 5.82 Å². The van der Waals surface area contributed by atoms with Crippen LogP contribution in [0, 0.1) is 0 Å². The first kappa shape index (κ1) is 25.6. The van der Waals surface area contributed by atoms with Gasteiger partial charge in [-0.2, -0.15) is 0 Å². The van der Waals surface area contributed by atoms with Crippen molar-refractivity contribution in [2.24, 2.45) is 0 Å². The van der Waals surface area contributed by atoms with Gasteiger partial charge in [0.25, 0.3) is 5.56 Å². The van der Waals surface area contributed by atoms with E-state index in [0.717, 1.165) is 35.3 Å². The van der Waals surface area contributed by atoms with Crippen LogP contribution in [0.15, 0.2) is 59.4 Å². The molecule has 1 N–H and O–H groups in total. The molecular weight excluding hydrogens is 452 g/mol. The summed E-state index contributed by atoms with van der Waals surface area (Å²) in [6.45, 7) is 12.1. The second-order valence-corrected chi connectivity index (χ2v) is 10.1. The fraction of sp³-hybridized carbons (Fsp3) is 0.429. The molecule has 0 fully saturated rings. The number of hydrogen-bond donors (Lipinski definition) is 1. The summed E-state index contributed by atoms with van der Waals surface area (Å²) in [5.74, 6) is 1.61. The largest absolute Gasteiger partial charge is 0.494 e. The maximum absolute atomic E-state index is 13.2. The zero-order chi connectivity index (χ0) is 25.7. The molecule has 2 aromatic carbocycles. The molecule has 0 saturated heterocycles. The zero-order valence-corrected chi connectivity index (χ0v) is 21.9. The lowest BCUT2D eigenvalue weighted by Gasteiger charge is -2.33. The Morgan fingerprint density at radius 2 is 1.83 bits per heavy atom. The summed E-state index contributed by atoms with van der Waals surface area (Å²) in [5.41, 5.74) is 2.31. The minimum absolute atomic E-state index is 0.0608. The van der Waals surface area contributed by atoms with Crippen molar-refractivity contribution in [3.63, 3.8) is 0 Å². The van der Waals surface area contributed by atoms with E-state index in [0.29, 0.717) is 25.3 Å². The van der Waals surface area contributed by atoms with E-state index in [1.807, 2.05) is 54.1 Å². The molecule has 0 aliphatic rings. The minimum Gasteiger partial charge on any atom is -0.494 e. The average molecular weight is 489 g/mol. The van der Waals surface area contributed by atoms with Crippen LogP contribution in [0.4, 0.5) is 0 Å². The summed E-state index contributed by atoms with van der Waals surface area (Å²) in [6.07, 6.45) is 1.82. The van der Waals surface area contributed by atoms with Crippen LogP contribution in [-0.2, 0) is 18.6 Å². The number of pyridine rings is 1. The highest BCUT2D eigenvalue weighted by Crippen LogP contribution is 2.30. The van der Waals surface area contributed by atoms with Crippen molar-refractivity contribution in [3.05, 3.63) is 81.9 Å². The minimum atomic E-state index is -0.265. The lowest BCUT2D eigenvalue weighted by atomic mass is 10.0. The van der Waals surface area contributed by atoms with E-state index in [1.165, 1.54) is 5.56 Å². The first-order valence-electron chi connectivity index (χ1n) is 12.7. The van der Waals surface area contributed by atoms with Gasteiger partial charge in [0.2, 0.25) is 0 Å². The van der Waals surface area contributed by atoms with E-state index in [-0.39, 0.29) is 17.1 Å².